The Hall–Kier alpha value is -2.33. The third-order valence-electron chi connectivity index (χ3n) is 4.35. The van der Waals surface area contributed by atoms with Gasteiger partial charge in [0.15, 0.2) is 0 Å². The van der Waals surface area contributed by atoms with Gasteiger partial charge in [0.1, 0.15) is 6.04 Å². The van der Waals surface area contributed by atoms with Gasteiger partial charge in [0.25, 0.3) is 0 Å². The molecule has 0 saturated heterocycles. The highest BCUT2D eigenvalue weighted by atomic mass is 35.5. The van der Waals surface area contributed by atoms with Crippen molar-refractivity contribution in [3.8, 4) is 0 Å². The molecule has 2 aromatic rings. The molecule has 5 heteroatoms. The van der Waals surface area contributed by atoms with E-state index in [1.54, 1.807) is 17.9 Å². The molecule has 0 aliphatic heterocycles. The maximum atomic E-state index is 13.1. The summed E-state index contributed by atoms with van der Waals surface area (Å²) in [6, 6.07) is 14.6. The molecule has 0 aliphatic rings. The summed E-state index contributed by atoms with van der Waals surface area (Å²) >= 11 is 6.10. The molecule has 0 bridgehead atoms. The third-order valence-corrected chi connectivity index (χ3v) is 4.58. The number of benzene rings is 2. The Labute approximate surface area is 172 Å². The van der Waals surface area contributed by atoms with Crippen molar-refractivity contribution in [2.45, 2.75) is 59.2 Å². The lowest BCUT2D eigenvalue weighted by atomic mass is 10.1. The highest BCUT2D eigenvalue weighted by Crippen LogP contribution is 2.17. The summed E-state index contributed by atoms with van der Waals surface area (Å²) in [4.78, 5) is 27.5. The molecule has 1 atom stereocenters. The van der Waals surface area contributed by atoms with Crippen LogP contribution in [0.5, 0.6) is 0 Å². The average Bonchev–Trinajstić information content (AvgIpc) is 2.57. The molecule has 0 spiro atoms. The minimum absolute atomic E-state index is 0.0952. The first kappa shape index (κ1) is 22.0. The van der Waals surface area contributed by atoms with Crippen molar-refractivity contribution in [3.63, 3.8) is 0 Å². The first-order chi connectivity index (χ1) is 13.0. The zero-order valence-corrected chi connectivity index (χ0v) is 18.0. The van der Waals surface area contributed by atoms with Gasteiger partial charge in [0, 0.05) is 17.1 Å². The number of amides is 2. The van der Waals surface area contributed by atoms with Crippen LogP contribution >= 0.6 is 11.6 Å². The fraction of sp³-hybridized carbons (Fsp3) is 0.391. The SMILES string of the molecule is Cc1cccc(CC(=O)N(Cc2cccc(Cl)c2)[C@H](C)C(=O)NC(C)(C)C)c1. The number of nitrogens with one attached hydrogen (secondary N) is 1. The van der Waals surface area contributed by atoms with Gasteiger partial charge in [-0.05, 0) is 57.9 Å². The Balaban J connectivity index is 2.26. The zero-order valence-electron chi connectivity index (χ0n) is 17.3. The topological polar surface area (TPSA) is 49.4 Å². The molecular weight excluding hydrogens is 372 g/mol. The maximum Gasteiger partial charge on any atom is 0.242 e. The fourth-order valence-corrected chi connectivity index (χ4v) is 3.20. The van der Waals surface area contributed by atoms with Gasteiger partial charge in [-0.2, -0.15) is 0 Å². The van der Waals surface area contributed by atoms with Crippen LogP contribution in [0.25, 0.3) is 0 Å². The molecule has 0 fully saturated rings. The van der Waals surface area contributed by atoms with Crippen LogP contribution in [0, 0.1) is 6.92 Å². The fourth-order valence-electron chi connectivity index (χ4n) is 2.99. The van der Waals surface area contributed by atoms with Crippen LogP contribution in [0.1, 0.15) is 44.4 Å². The first-order valence-electron chi connectivity index (χ1n) is 9.46. The number of hydrogen-bond donors (Lipinski definition) is 1. The van der Waals surface area contributed by atoms with Crippen LogP contribution in [0.15, 0.2) is 48.5 Å². The van der Waals surface area contributed by atoms with Gasteiger partial charge in [0.05, 0.1) is 6.42 Å². The van der Waals surface area contributed by atoms with E-state index in [-0.39, 0.29) is 23.8 Å². The van der Waals surface area contributed by atoms with Gasteiger partial charge in [-0.1, -0.05) is 53.6 Å². The van der Waals surface area contributed by atoms with E-state index in [4.69, 9.17) is 11.6 Å². The minimum atomic E-state index is -0.601. The quantitative estimate of drug-likeness (QED) is 0.774. The van der Waals surface area contributed by atoms with E-state index < -0.39 is 6.04 Å². The molecule has 0 radical (unpaired) electrons. The van der Waals surface area contributed by atoms with Crippen molar-refractivity contribution >= 4 is 23.4 Å². The maximum absolute atomic E-state index is 13.1. The molecule has 2 amide bonds. The minimum Gasteiger partial charge on any atom is -0.350 e. The van der Waals surface area contributed by atoms with Gasteiger partial charge in [-0.15, -0.1) is 0 Å². The molecule has 0 aromatic heterocycles. The van der Waals surface area contributed by atoms with Gasteiger partial charge >= 0.3 is 0 Å². The summed E-state index contributed by atoms with van der Waals surface area (Å²) in [5.74, 6) is -0.269. The Morgan fingerprint density at radius 1 is 1.07 bits per heavy atom. The molecule has 2 aromatic carbocycles. The summed E-state index contributed by atoms with van der Waals surface area (Å²) < 4.78 is 0. The molecule has 0 saturated carbocycles. The van der Waals surface area contributed by atoms with Crippen LogP contribution in [-0.4, -0.2) is 28.3 Å². The van der Waals surface area contributed by atoms with Crippen LogP contribution in [0.2, 0.25) is 5.02 Å². The number of rotatable bonds is 6. The van der Waals surface area contributed by atoms with E-state index in [1.165, 1.54) is 0 Å². The number of aryl methyl sites for hydroxylation is 1. The predicted molar refractivity (Wildman–Crippen MR) is 114 cm³/mol. The Morgan fingerprint density at radius 2 is 1.71 bits per heavy atom. The van der Waals surface area contributed by atoms with E-state index in [0.29, 0.717) is 11.6 Å². The van der Waals surface area contributed by atoms with Gasteiger partial charge in [-0.25, -0.2) is 0 Å². The highest BCUT2D eigenvalue weighted by Gasteiger charge is 2.28. The second kappa shape index (κ2) is 9.24. The number of carbonyl (C=O) groups excluding carboxylic acids is 2. The zero-order chi connectivity index (χ0) is 20.9. The van der Waals surface area contributed by atoms with Crippen LogP contribution in [-0.2, 0) is 22.6 Å². The molecule has 150 valence electrons. The van der Waals surface area contributed by atoms with Crippen molar-refractivity contribution in [2.75, 3.05) is 0 Å². The molecule has 0 unspecified atom stereocenters. The second-order valence-electron chi connectivity index (χ2n) is 8.23. The van der Waals surface area contributed by atoms with Crippen molar-refractivity contribution < 1.29 is 9.59 Å². The van der Waals surface area contributed by atoms with Crippen LogP contribution in [0.3, 0.4) is 0 Å². The monoisotopic (exact) mass is 400 g/mol. The summed E-state index contributed by atoms with van der Waals surface area (Å²) in [5.41, 5.74) is 2.56. The summed E-state index contributed by atoms with van der Waals surface area (Å²) in [6.07, 6.45) is 0.245. The van der Waals surface area contributed by atoms with E-state index in [9.17, 15) is 9.59 Å². The Kier molecular flexibility index (Phi) is 7.25. The highest BCUT2D eigenvalue weighted by molar-refractivity contribution is 6.30. The van der Waals surface area contributed by atoms with Crippen molar-refractivity contribution in [3.05, 3.63) is 70.2 Å². The molecule has 0 aliphatic carbocycles. The van der Waals surface area contributed by atoms with Gasteiger partial charge in [0.2, 0.25) is 11.8 Å². The van der Waals surface area contributed by atoms with Crippen molar-refractivity contribution in [1.82, 2.24) is 10.2 Å². The molecule has 28 heavy (non-hydrogen) atoms. The average molecular weight is 401 g/mol. The molecule has 0 heterocycles. The summed E-state index contributed by atoms with van der Waals surface area (Å²) in [5, 5.41) is 3.57. The Morgan fingerprint density at radius 3 is 2.32 bits per heavy atom. The molecular formula is C23H29ClN2O2. The molecule has 1 N–H and O–H groups in total. The van der Waals surface area contributed by atoms with E-state index in [1.807, 2.05) is 70.2 Å². The van der Waals surface area contributed by atoms with Crippen molar-refractivity contribution in [1.29, 1.82) is 0 Å². The number of hydrogen-bond acceptors (Lipinski definition) is 2. The van der Waals surface area contributed by atoms with Gasteiger partial charge < -0.3 is 10.2 Å². The lowest BCUT2D eigenvalue weighted by Crippen LogP contribution is -2.52. The van der Waals surface area contributed by atoms with E-state index in [0.717, 1.165) is 16.7 Å². The van der Waals surface area contributed by atoms with Crippen LogP contribution < -0.4 is 5.32 Å². The van der Waals surface area contributed by atoms with Gasteiger partial charge in [-0.3, -0.25) is 9.59 Å². The smallest absolute Gasteiger partial charge is 0.242 e. The number of nitrogens with zero attached hydrogens (tertiary/aromatic N) is 1. The molecule has 2 rings (SSSR count). The standard InChI is InChI=1S/C23H29ClN2O2/c1-16-8-6-9-18(12-16)14-21(27)26(15-19-10-7-11-20(24)13-19)17(2)22(28)25-23(3,4)5/h6-13,17H,14-15H2,1-5H3,(H,25,28)/t17-/m1/s1. The number of halogens is 1. The summed E-state index contributed by atoms with van der Waals surface area (Å²) in [6.45, 7) is 9.86. The predicted octanol–water partition coefficient (Wildman–Crippen LogP) is 4.52. The normalized spacial score (nSPS) is 12.4. The van der Waals surface area contributed by atoms with Crippen LogP contribution in [0.4, 0.5) is 0 Å². The van der Waals surface area contributed by atoms with E-state index in [2.05, 4.69) is 5.32 Å². The lowest BCUT2D eigenvalue weighted by molar-refractivity contribution is -0.140. The summed E-state index contributed by atoms with van der Waals surface area (Å²) in [7, 11) is 0. The first-order valence-corrected chi connectivity index (χ1v) is 9.84. The molecule has 4 nitrogen and oxygen atoms in total. The number of carbonyl (C=O) groups is 2. The lowest BCUT2D eigenvalue weighted by Gasteiger charge is -2.31. The third kappa shape index (κ3) is 6.68. The largest absolute Gasteiger partial charge is 0.350 e. The second-order valence-corrected chi connectivity index (χ2v) is 8.67. The Bertz CT molecular complexity index is 842. The van der Waals surface area contributed by atoms with E-state index >= 15 is 0 Å². The van der Waals surface area contributed by atoms with Crippen molar-refractivity contribution in [2.24, 2.45) is 0 Å².